The fourth-order valence-electron chi connectivity index (χ4n) is 2.46. The second kappa shape index (κ2) is 7.80. The number of oxazole rings is 1. The number of aromatic nitrogens is 1. The summed E-state index contributed by atoms with van der Waals surface area (Å²) in [5, 5.41) is 2.73. The zero-order valence-corrected chi connectivity index (χ0v) is 13.9. The monoisotopic (exact) mass is 345 g/mol. The maximum atomic E-state index is 12.1. The maximum Gasteiger partial charge on any atom is 0.273 e. The molecule has 0 aliphatic carbocycles. The van der Waals surface area contributed by atoms with Crippen LogP contribution >= 0.6 is 0 Å². The van der Waals surface area contributed by atoms with Crippen LogP contribution in [0, 0.1) is 0 Å². The summed E-state index contributed by atoms with van der Waals surface area (Å²) < 4.78 is 15.7. The Morgan fingerprint density at radius 2 is 2.24 bits per heavy atom. The van der Waals surface area contributed by atoms with Gasteiger partial charge in [-0.2, -0.15) is 0 Å². The fourth-order valence-corrected chi connectivity index (χ4v) is 2.46. The molecule has 0 radical (unpaired) electrons. The van der Waals surface area contributed by atoms with Crippen molar-refractivity contribution in [1.29, 1.82) is 0 Å². The lowest BCUT2D eigenvalue weighted by atomic mass is 10.2. The number of benzene rings is 1. The molecule has 3 rings (SSSR count). The van der Waals surface area contributed by atoms with E-state index in [9.17, 15) is 9.59 Å². The third-order valence-corrected chi connectivity index (χ3v) is 3.70. The zero-order chi connectivity index (χ0) is 17.6. The van der Waals surface area contributed by atoms with Gasteiger partial charge in [0.2, 0.25) is 5.89 Å². The minimum Gasteiger partial charge on any atom is -0.482 e. The smallest absolute Gasteiger partial charge is 0.273 e. The van der Waals surface area contributed by atoms with Crippen molar-refractivity contribution in [3.05, 3.63) is 42.1 Å². The van der Waals surface area contributed by atoms with Crippen molar-refractivity contribution < 1.29 is 23.5 Å². The first-order valence-corrected chi connectivity index (χ1v) is 7.93. The van der Waals surface area contributed by atoms with Crippen LogP contribution in [-0.4, -0.2) is 43.7 Å². The highest BCUT2D eigenvalue weighted by molar-refractivity contribution is 5.97. The van der Waals surface area contributed by atoms with E-state index in [0.29, 0.717) is 31.0 Å². The minimum atomic E-state index is -0.320. The molecule has 0 unspecified atom stereocenters. The highest BCUT2D eigenvalue weighted by Gasteiger charge is 2.27. The first kappa shape index (κ1) is 17.0. The van der Waals surface area contributed by atoms with Crippen molar-refractivity contribution in [2.24, 2.45) is 0 Å². The van der Waals surface area contributed by atoms with Crippen molar-refractivity contribution in [2.75, 3.05) is 31.8 Å². The molecule has 0 spiro atoms. The molecule has 1 aliphatic heterocycles. The Morgan fingerprint density at radius 1 is 1.40 bits per heavy atom. The standard InChI is InChI=1S/C17H19N3O5/c1-23-8-4-7-18-17(22)12-10-25-15(19-12)9-20-13-5-2-3-6-14(13)24-11-16(20)21/h2-3,5-6,10H,4,7-9,11H2,1H3,(H,18,22). The van der Waals surface area contributed by atoms with Gasteiger partial charge in [0.05, 0.1) is 5.69 Å². The topological polar surface area (TPSA) is 93.9 Å². The molecule has 1 aromatic heterocycles. The van der Waals surface area contributed by atoms with Crippen molar-refractivity contribution in [3.63, 3.8) is 0 Å². The summed E-state index contributed by atoms with van der Waals surface area (Å²) in [6.45, 7) is 1.16. The third kappa shape index (κ3) is 3.97. The van der Waals surface area contributed by atoms with Gasteiger partial charge < -0.3 is 19.2 Å². The van der Waals surface area contributed by atoms with Crippen LogP contribution in [0.4, 0.5) is 5.69 Å². The van der Waals surface area contributed by atoms with E-state index < -0.39 is 0 Å². The Bertz CT molecular complexity index is 758. The molecule has 132 valence electrons. The van der Waals surface area contributed by atoms with Gasteiger partial charge in [-0.25, -0.2) is 4.98 Å². The summed E-state index contributed by atoms with van der Waals surface area (Å²) in [7, 11) is 1.61. The van der Waals surface area contributed by atoms with Gasteiger partial charge in [-0.1, -0.05) is 12.1 Å². The van der Waals surface area contributed by atoms with Crippen LogP contribution in [0.5, 0.6) is 5.75 Å². The van der Waals surface area contributed by atoms with Gasteiger partial charge >= 0.3 is 0 Å². The highest BCUT2D eigenvalue weighted by atomic mass is 16.5. The Hall–Kier alpha value is -2.87. The molecular formula is C17H19N3O5. The molecule has 0 fully saturated rings. The molecule has 1 aliphatic rings. The summed E-state index contributed by atoms with van der Waals surface area (Å²) >= 11 is 0. The van der Waals surface area contributed by atoms with Crippen LogP contribution in [0.25, 0.3) is 0 Å². The van der Waals surface area contributed by atoms with Crippen LogP contribution in [0.15, 0.2) is 34.9 Å². The molecule has 0 bridgehead atoms. The summed E-state index contributed by atoms with van der Waals surface area (Å²) in [4.78, 5) is 29.8. The van der Waals surface area contributed by atoms with Crippen LogP contribution in [0.1, 0.15) is 22.8 Å². The number of methoxy groups -OCH3 is 1. The van der Waals surface area contributed by atoms with Crippen LogP contribution in [-0.2, 0) is 16.1 Å². The number of nitrogens with one attached hydrogen (secondary N) is 1. The van der Waals surface area contributed by atoms with E-state index in [1.54, 1.807) is 19.2 Å². The molecule has 25 heavy (non-hydrogen) atoms. The number of carbonyl (C=O) groups excluding carboxylic acids is 2. The molecule has 2 aromatic rings. The average molecular weight is 345 g/mol. The lowest BCUT2D eigenvalue weighted by Gasteiger charge is -2.28. The molecule has 0 saturated heterocycles. The fraction of sp³-hybridized carbons (Fsp3) is 0.353. The van der Waals surface area contributed by atoms with E-state index in [-0.39, 0.29) is 36.6 Å². The number of nitrogens with zero attached hydrogens (tertiary/aromatic N) is 2. The highest BCUT2D eigenvalue weighted by Crippen LogP contribution is 2.32. The van der Waals surface area contributed by atoms with E-state index in [2.05, 4.69) is 10.3 Å². The first-order valence-electron chi connectivity index (χ1n) is 7.93. The number of fused-ring (bicyclic) bond motifs is 1. The maximum absolute atomic E-state index is 12.1. The van der Waals surface area contributed by atoms with E-state index >= 15 is 0 Å². The summed E-state index contributed by atoms with van der Waals surface area (Å²) in [6, 6.07) is 7.24. The Morgan fingerprint density at radius 3 is 3.08 bits per heavy atom. The zero-order valence-electron chi connectivity index (χ0n) is 13.9. The summed E-state index contributed by atoms with van der Waals surface area (Å²) in [5.74, 6) is 0.402. The van der Waals surface area contributed by atoms with Gasteiger partial charge in [0, 0.05) is 20.3 Å². The molecule has 8 heteroatoms. The number of amides is 2. The number of carbonyl (C=O) groups is 2. The van der Waals surface area contributed by atoms with Crippen LogP contribution < -0.4 is 15.0 Å². The Labute approximate surface area is 144 Å². The molecule has 1 N–H and O–H groups in total. The lowest BCUT2D eigenvalue weighted by molar-refractivity contribution is -0.121. The third-order valence-electron chi connectivity index (χ3n) is 3.70. The minimum absolute atomic E-state index is 0.0371. The second-order valence-corrected chi connectivity index (χ2v) is 5.47. The van der Waals surface area contributed by atoms with Gasteiger partial charge in [0.1, 0.15) is 18.6 Å². The quantitative estimate of drug-likeness (QED) is 0.762. The lowest BCUT2D eigenvalue weighted by Crippen LogP contribution is -2.38. The van der Waals surface area contributed by atoms with Crippen LogP contribution in [0.2, 0.25) is 0 Å². The molecular weight excluding hydrogens is 326 g/mol. The molecule has 2 amide bonds. The summed E-state index contributed by atoms with van der Waals surface area (Å²) in [5.41, 5.74) is 0.837. The molecule has 0 atom stereocenters. The predicted molar refractivity (Wildman–Crippen MR) is 88.5 cm³/mol. The first-order chi connectivity index (χ1) is 12.2. The normalized spacial score (nSPS) is 13.3. The van der Waals surface area contributed by atoms with E-state index in [1.165, 1.54) is 11.2 Å². The summed E-state index contributed by atoms with van der Waals surface area (Å²) in [6.07, 6.45) is 2.00. The molecule has 0 saturated carbocycles. The van der Waals surface area contributed by atoms with E-state index in [4.69, 9.17) is 13.9 Å². The Kier molecular flexibility index (Phi) is 5.30. The number of ether oxygens (including phenoxy) is 2. The largest absolute Gasteiger partial charge is 0.482 e. The Balaban J connectivity index is 1.65. The SMILES string of the molecule is COCCCNC(=O)c1coc(CN2C(=O)COc3ccccc32)n1. The number of rotatable bonds is 7. The van der Waals surface area contributed by atoms with E-state index in [1.807, 2.05) is 12.1 Å². The van der Waals surface area contributed by atoms with Crippen molar-refractivity contribution >= 4 is 17.5 Å². The predicted octanol–water partition coefficient (Wildman–Crippen LogP) is 1.37. The van der Waals surface area contributed by atoms with Gasteiger partial charge in [0.15, 0.2) is 12.3 Å². The number of hydrogen-bond acceptors (Lipinski definition) is 6. The molecule has 2 heterocycles. The number of hydrogen-bond donors (Lipinski definition) is 1. The van der Waals surface area contributed by atoms with Gasteiger partial charge in [-0.05, 0) is 18.6 Å². The van der Waals surface area contributed by atoms with Crippen LogP contribution in [0.3, 0.4) is 0 Å². The van der Waals surface area contributed by atoms with Crippen molar-refractivity contribution in [3.8, 4) is 5.75 Å². The van der Waals surface area contributed by atoms with Crippen molar-refractivity contribution in [1.82, 2.24) is 10.3 Å². The average Bonchev–Trinajstić information content (AvgIpc) is 3.10. The van der Waals surface area contributed by atoms with Gasteiger partial charge in [-0.3, -0.25) is 14.5 Å². The van der Waals surface area contributed by atoms with Crippen molar-refractivity contribution in [2.45, 2.75) is 13.0 Å². The molecule has 1 aromatic carbocycles. The molecule has 8 nitrogen and oxygen atoms in total. The van der Waals surface area contributed by atoms with E-state index in [0.717, 1.165) is 0 Å². The van der Waals surface area contributed by atoms with Gasteiger partial charge in [0.25, 0.3) is 11.8 Å². The second-order valence-electron chi connectivity index (χ2n) is 5.47. The number of para-hydroxylation sites is 2. The van der Waals surface area contributed by atoms with Gasteiger partial charge in [-0.15, -0.1) is 0 Å². The number of anilines is 1.